The summed E-state index contributed by atoms with van der Waals surface area (Å²) in [6, 6.07) is 20.3. The van der Waals surface area contributed by atoms with Gasteiger partial charge < -0.3 is 10.6 Å². The normalized spacial score (nSPS) is 10.8. The van der Waals surface area contributed by atoms with Crippen molar-refractivity contribution < 1.29 is 4.79 Å². The first-order chi connectivity index (χ1) is 17.0. The minimum atomic E-state index is -0.194. The fraction of sp³-hybridized carbons (Fsp3) is 0.115. The summed E-state index contributed by atoms with van der Waals surface area (Å²) in [6.45, 7) is 6.04. The Labute approximate surface area is 202 Å². The highest BCUT2D eigenvalue weighted by atomic mass is 16.1. The Hall–Kier alpha value is -4.79. The predicted molar refractivity (Wildman–Crippen MR) is 135 cm³/mol. The van der Waals surface area contributed by atoms with Gasteiger partial charge in [-0.15, -0.1) is 10.2 Å². The van der Waals surface area contributed by atoms with E-state index < -0.39 is 0 Å². The van der Waals surface area contributed by atoms with Gasteiger partial charge in [0.1, 0.15) is 0 Å². The van der Waals surface area contributed by atoms with Gasteiger partial charge in [-0.3, -0.25) is 4.79 Å². The number of anilines is 3. The summed E-state index contributed by atoms with van der Waals surface area (Å²) in [5, 5.41) is 23.5. The average Bonchev–Trinajstić information content (AvgIpc) is 3.51. The maximum atomic E-state index is 12.7. The van der Waals surface area contributed by atoms with Crippen molar-refractivity contribution in [1.29, 1.82) is 0 Å². The number of hydrogen-bond acceptors (Lipinski definition) is 6. The highest BCUT2D eigenvalue weighted by molar-refractivity contribution is 6.04. The van der Waals surface area contributed by atoms with E-state index in [2.05, 4.69) is 31.0 Å². The molecular weight excluding hydrogens is 440 g/mol. The Bertz CT molecular complexity index is 1470. The number of aryl methyl sites for hydroxylation is 1. The van der Waals surface area contributed by atoms with Gasteiger partial charge in [-0.25, -0.2) is 9.36 Å². The predicted octanol–water partition coefficient (Wildman–Crippen LogP) is 4.77. The largest absolute Gasteiger partial charge is 0.339 e. The van der Waals surface area contributed by atoms with Crippen molar-refractivity contribution in [2.24, 2.45) is 0 Å². The van der Waals surface area contributed by atoms with Crippen LogP contribution in [0.2, 0.25) is 0 Å². The van der Waals surface area contributed by atoms with E-state index in [1.54, 1.807) is 27.7 Å². The Morgan fingerprint density at radius 2 is 1.69 bits per heavy atom. The third-order valence-electron chi connectivity index (χ3n) is 5.81. The van der Waals surface area contributed by atoms with E-state index in [-0.39, 0.29) is 5.91 Å². The van der Waals surface area contributed by atoms with Crippen LogP contribution in [0.15, 0.2) is 79.1 Å². The molecule has 3 heterocycles. The standard InChI is InChI=1S/C26H24N8O/c1-17-18(2)32-34(19(17)3)25-13-12-24(30-31-25)28-21-8-10-22(11-9-21)29-26(35)20-6-4-7-23(16-20)33-15-5-14-27-33/h4-16H,1-3H3,(H,28,30)(H,29,35). The molecule has 174 valence electrons. The van der Waals surface area contributed by atoms with Crippen molar-refractivity contribution in [2.75, 3.05) is 10.6 Å². The molecular formula is C26H24N8O. The number of amides is 1. The number of carbonyl (C=O) groups is 1. The van der Waals surface area contributed by atoms with Crippen molar-refractivity contribution in [3.05, 3.63) is 102 Å². The molecule has 0 spiro atoms. The van der Waals surface area contributed by atoms with Crippen LogP contribution in [-0.4, -0.2) is 35.7 Å². The van der Waals surface area contributed by atoms with E-state index in [9.17, 15) is 4.79 Å². The van der Waals surface area contributed by atoms with E-state index in [4.69, 9.17) is 0 Å². The second kappa shape index (κ2) is 9.22. The molecule has 3 aromatic heterocycles. The number of benzene rings is 2. The SMILES string of the molecule is Cc1nn(-c2ccc(Nc3ccc(NC(=O)c4cccc(-n5cccn5)c4)cc3)nn2)c(C)c1C. The van der Waals surface area contributed by atoms with E-state index >= 15 is 0 Å². The third-order valence-corrected chi connectivity index (χ3v) is 5.81. The van der Waals surface area contributed by atoms with Gasteiger partial charge in [0.25, 0.3) is 5.91 Å². The van der Waals surface area contributed by atoms with Gasteiger partial charge in [-0.2, -0.15) is 10.2 Å². The smallest absolute Gasteiger partial charge is 0.255 e. The van der Waals surface area contributed by atoms with Gasteiger partial charge in [-0.1, -0.05) is 6.07 Å². The molecule has 5 aromatic rings. The zero-order valence-corrected chi connectivity index (χ0v) is 19.6. The number of aromatic nitrogens is 6. The molecule has 35 heavy (non-hydrogen) atoms. The van der Waals surface area contributed by atoms with Gasteiger partial charge in [0, 0.05) is 35.0 Å². The monoisotopic (exact) mass is 464 g/mol. The van der Waals surface area contributed by atoms with Crippen LogP contribution in [0.25, 0.3) is 11.5 Å². The molecule has 9 nitrogen and oxygen atoms in total. The molecule has 0 fully saturated rings. The number of carbonyl (C=O) groups excluding carboxylic acids is 1. The topological polar surface area (TPSA) is 103 Å². The molecule has 0 unspecified atom stereocenters. The Balaban J connectivity index is 1.23. The van der Waals surface area contributed by atoms with E-state index in [1.165, 1.54) is 0 Å². The zero-order chi connectivity index (χ0) is 24.4. The molecule has 1 amide bonds. The number of nitrogens with one attached hydrogen (secondary N) is 2. The Kier molecular flexibility index (Phi) is 5.80. The van der Waals surface area contributed by atoms with Crippen LogP contribution in [0.3, 0.4) is 0 Å². The van der Waals surface area contributed by atoms with Crippen LogP contribution in [0.1, 0.15) is 27.3 Å². The fourth-order valence-electron chi connectivity index (χ4n) is 3.65. The van der Waals surface area contributed by atoms with Crippen LogP contribution in [0.5, 0.6) is 0 Å². The Morgan fingerprint density at radius 3 is 2.34 bits per heavy atom. The first kappa shape index (κ1) is 22.0. The number of rotatable bonds is 6. The fourth-order valence-corrected chi connectivity index (χ4v) is 3.65. The van der Waals surface area contributed by atoms with Crippen molar-refractivity contribution in [3.8, 4) is 11.5 Å². The lowest BCUT2D eigenvalue weighted by Crippen LogP contribution is -2.12. The van der Waals surface area contributed by atoms with Gasteiger partial charge >= 0.3 is 0 Å². The summed E-state index contributed by atoms with van der Waals surface area (Å²) in [5.74, 6) is 1.08. The van der Waals surface area contributed by atoms with E-state index in [1.807, 2.05) is 81.6 Å². The summed E-state index contributed by atoms with van der Waals surface area (Å²) in [5.41, 5.74) is 6.05. The molecule has 0 atom stereocenters. The summed E-state index contributed by atoms with van der Waals surface area (Å²) in [7, 11) is 0. The van der Waals surface area contributed by atoms with Crippen LogP contribution in [0.4, 0.5) is 17.2 Å². The highest BCUT2D eigenvalue weighted by Gasteiger charge is 2.11. The van der Waals surface area contributed by atoms with Gasteiger partial charge in [0.15, 0.2) is 11.6 Å². The number of nitrogens with zero attached hydrogens (tertiary/aromatic N) is 6. The molecule has 2 N–H and O–H groups in total. The summed E-state index contributed by atoms with van der Waals surface area (Å²) in [6.07, 6.45) is 3.53. The molecule has 0 bridgehead atoms. The highest BCUT2D eigenvalue weighted by Crippen LogP contribution is 2.20. The average molecular weight is 465 g/mol. The molecule has 0 aliphatic heterocycles. The van der Waals surface area contributed by atoms with Gasteiger partial charge in [0.05, 0.1) is 11.4 Å². The third kappa shape index (κ3) is 4.65. The quantitative estimate of drug-likeness (QED) is 0.375. The minimum absolute atomic E-state index is 0.194. The molecule has 0 aliphatic carbocycles. The van der Waals surface area contributed by atoms with Crippen molar-refractivity contribution in [2.45, 2.75) is 20.8 Å². The van der Waals surface area contributed by atoms with E-state index in [0.29, 0.717) is 22.9 Å². The van der Waals surface area contributed by atoms with Crippen LogP contribution in [-0.2, 0) is 0 Å². The minimum Gasteiger partial charge on any atom is -0.339 e. The first-order valence-corrected chi connectivity index (χ1v) is 11.1. The second-order valence-corrected chi connectivity index (χ2v) is 8.14. The van der Waals surface area contributed by atoms with Crippen molar-refractivity contribution in [3.63, 3.8) is 0 Å². The van der Waals surface area contributed by atoms with Gasteiger partial charge in [0.2, 0.25) is 0 Å². The summed E-state index contributed by atoms with van der Waals surface area (Å²) in [4.78, 5) is 12.7. The molecule has 9 heteroatoms. The zero-order valence-electron chi connectivity index (χ0n) is 19.6. The molecule has 0 saturated heterocycles. The molecule has 2 aromatic carbocycles. The van der Waals surface area contributed by atoms with Crippen molar-refractivity contribution >= 4 is 23.1 Å². The lowest BCUT2D eigenvalue weighted by molar-refractivity contribution is 0.102. The summed E-state index contributed by atoms with van der Waals surface area (Å²) < 4.78 is 3.51. The molecule has 0 saturated carbocycles. The van der Waals surface area contributed by atoms with E-state index in [0.717, 1.165) is 28.3 Å². The molecule has 5 rings (SSSR count). The number of hydrogen-bond donors (Lipinski definition) is 2. The maximum Gasteiger partial charge on any atom is 0.255 e. The Morgan fingerprint density at radius 1 is 0.886 bits per heavy atom. The molecule has 0 radical (unpaired) electrons. The van der Waals surface area contributed by atoms with Crippen LogP contribution >= 0.6 is 0 Å². The lowest BCUT2D eigenvalue weighted by atomic mass is 10.2. The van der Waals surface area contributed by atoms with Crippen molar-refractivity contribution in [1.82, 2.24) is 29.8 Å². The van der Waals surface area contributed by atoms with Crippen LogP contribution < -0.4 is 10.6 Å². The van der Waals surface area contributed by atoms with Gasteiger partial charge in [-0.05, 0) is 87.0 Å². The van der Waals surface area contributed by atoms with Crippen LogP contribution in [0, 0.1) is 20.8 Å². The first-order valence-electron chi connectivity index (χ1n) is 11.1. The second-order valence-electron chi connectivity index (χ2n) is 8.14. The summed E-state index contributed by atoms with van der Waals surface area (Å²) >= 11 is 0. The lowest BCUT2D eigenvalue weighted by Gasteiger charge is -2.09. The molecule has 0 aliphatic rings. The maximum absolute atomic E-state index is 12.7.